The van der Waals surface area contributed by atoms with E-state index in [9.17, 15) is 0 Å². The molecule has 3 heteroatoms. The molecule has 0 nitrogen and oxygen atoms in total. The van der Waals surface area contributed by atoms with Crippen LogP contribution in [0.1, 0.15) is 37.9 Å². The second-order valence-corrected chi connectivity index (χ2v) is 15.1. The molecule has 36 heavy (non-hydrogen) atoms. The van der Waals surface area contributed by atoms with Crippen molar-refractivity contribution in [1.82, 2.24) is 0 Å². The van der Waals surface area contributed by atoms with Gasteiger partial charge < -0.3 is 0 Å². The normalized spacial score (nSPS) is 15.2. The molecule has 2 aliphatic carbocycles. The number of halogens is 2. The van der Waals surface area contributed by atoms with Crippen LogP contribution in [0.5, 0.6) is 0 Å². The van der Waals surface area contributed by atoms with Gasteiger partial charge in [0, 0.05) is 0 Å². The van der Waals surface area contributed by atoms with Crippen LogP contribution in [0.2, 0.25) is 0 Å². The molecular formula is C33H28Cl2Zr. The molecule has 4 aromatic carbocycles. The molecule has 2 aliphatic rings. The Morgan fingerprint density at radius 2 is 1.19 bits per heavy atom. The minimum Gasteiger partial charge on any atom is -0.147 e. The first-order valence-corrected chi connectivity index (χ1v) is 15.8. The Labute approximate surface area is 234 Å². The average molecular weight is 587 g/mol. The molecule has 0 saturated carbocycles. The maximum atomic E-state index is 2.46. The molecule has 0 N–H and O–H groups in total. The van der Waals surface area contributed by atoms with E-state index in [1.54, 1.807) is 6.49 Å². The van der Waals surface area contributed by atoms with Crippen molar-refractivity contribution in [3.63, 3.8) is 0 Å². The molecule has 0 saturated heterocycles. The van der Waals surface area contributed by atoms with E-state index in [4.69, 9.17) is 0 Å². The summed E-state index contributed by atoms with van der Waals surface area (Å²) in [5, 5.41) is 0. The molecule has 1 unspecified atom stereocenters. The minimum atomic E-state index is -2.54. The monoisotopic (exact) mass is 584 g/mol. The first kappa shape index (κ1) is 26.5. The molecule has 0 heterocycles. The van der Waals surface area contributed by atoms with Crippen LogP contribution in [0.3, 0.4) is 0 Å². The minimum absolute atomic E-state index is 0. The molecule has 0 fully saturated rings. The van der Waals surface area contributed by atoms with E-state index in [-0.39, 0.29) is 24.8 Å². The Morgan fingerprint density at radius 3 is 1.78 bits per heavy atom. The molecule has 4 aromatic rings. The summed E-state index contributed by atoms with van der Waals surface area (Å²) in [6.07, 6.45) is 10.6. The van der Waals surface area contributed by atoms with Gasteiger partial charge in [0.15, 0.2) is 0 Å². The van der Waals surface area contributed by atoms with Crippen molar-refractivity contribution in [2.75, 3.05) is 0 Å². The number of allylic oxidation sites excluding steroid dienone is 5. The zero-order chi connectivity index (χ0) is 22.7. The van der Waals surface area contributed by atoms with Crippen molar-refractivity contribution in [3.05, 3.63) is 165 Å². The molecule has 0 amide bonds. The molecular weight excluding hydrogens is 558 g/mol. The third-order valence-electron chi connectivity index (χ3n) is 6.84. The van der Waals surface area contributed by atoms with Crippen LogP contribution in [0.25, 0.3) is 11.6 Å². The fourth-order valence-electron chi connectivity index (χ4n) is 5.34. The van der Waals surface area contributed by atoms with E-state index in [2.05, 4.69) is 140 Å². The molecule has 0 aliphatic heterocycles. The number of hydrogen-bond donors (Lipinski definition) is 0. The van der Waals surface area contributed by atoms with E-state index in [0.717, 1.165) is 6.42 Å². The van der Waals surface area contributed by atoms with Crippen LogP contribution in [-0.2, 0) is 21.3 Å². The zero-order valence-corrected chi connectivity index (χ0v) is 24.0. The molecule has 0 radical (unpaired) electrons. The van der Waals surface area contributed by atoms with E-state index in [1.807, 2.05) is 0 Å². The van der Waals surface area contributed by atoms with Crippen LogP contribution in [0.4, 0.5) is 0 Å². The molecule has 0 spiro atoms. The molecule has 178 valence electrons. The predicted molar refractivity (Wildman–Crippen MR) is 156 cm³/mol. The number of hydrogen-bond acceptors (Lipinski definition) is 0. The third-order valence-corrected chi connectivity index (χ3v) is 15.1. The third kappa shape index (κ3) is 5.12. The van der Waals surface area contributed by atoms with E-state index in [1.165, 1.54) is 33.4 Å². The topological polar surface area (TPSA) is 0 Å². The summed E-state index contributed by atoms with van der Waals surface area (Å²) < 4.78 is 3.72. The van der Waals surface area contributed by atoms with Gasteiger partial charge in [0.05, 0.1) is 0 Å². The van der Waals surface area contributed by atoms with E-state index >= 15 is 0 Å². The fraction of sp³-hybridized carbons (Fsp3) is 0.0606. The van der Waals surface area contributed by atoms with Crippen LogP contribution < -0.4 is 0 Å². The van der Waals surface area contributed by atoms with E-state index in [0.29, 0.717) is 3.63 Å². The second kappa shape index (κ2) is 12.1. The molecule has 1 atom stereocenters. The van der Waals surface area contributed by atoms with Gasteiger partial charge in [-0.15, -0.1) is 24.8 Å². The maximum Gasteiger partial charge on any atom is -0.147 e. The summed E-state index contributed by atoms with van der Waals surface area (Å²) in [6.45, 7) is 0. The number of rotatable bonds is 5. The number of benzene rings is 4. The fourth-order valence-corrected chi connectivity index (χ4v) is 14.4. The van der Waals surface area contributed by atoms with Crippen LogP contribution in [0, 0.1) is 0 Å². The zero-order valence-electron chi connectivity index (χ0n) is 19.9. The summed E-state index contributed by atoms with van der Waals surface area (Å²) >= 11 is -2.54. The largest absolute Gasteiger partial charge is 0.147 e. The van der Waals surface area contributed by atoms with Crippen LogP contribution >= 0.6 is 24.8 Å². The Kier molecular flexibility index (Phi) is 8.92. The average Bonchev–Trinajstić information content (AvgIpc) is 3.57. The Hall–Kier alpha value is -2.57. The summed E-state index contributed by atoms with van der Waals surface area (Å²) in [4.78, 5) is 0. The molecule has 6 rings (SSSR count). The van der Waals surface area contributed by atoms with Crippen molar-refractivity contribution < 1.29 is 21.3 Å². The molecule has 0 bridgehead atoms. The molecule has 0 aromatic heterocycles. The van der Waals surface area contributed by atoms with Crippen LogP contribution in [0.15, 0.2) is 137 Å². The number of fused-ring (bicyclic) bond motifs is 1. The quantitative estimate of drug-likeness (QED) is 0.219. The van der Waals surface area contributed by atoms with Crippen molar-refractivity contribution in [1.29, 1.82) is 0 Å². The van der Waals surface area contributed by atoms with Crippen LogP contribution in [-0.4, -0.2) is 3.21 Å². The van der Waals surface area contributed by atoms with Gasteiger partial charge >= 0.3 is 211 Å². The summed E-state index contributed by atoms with van der Waals surface area (Å²) in [5.41, 5.74) is 8.51. The van der Waals surface area contributed by atoms with Gasteiger partial charge in [0.2, 0.25) is 0 Å². The van der Waals surface area contributed by atoms with Crippen molar-refractivity contribution in [2.45, 2.75) is 10.0 Å². The van der Waals surface area contributed by atoms with E-state index < -0.39 is 21.3 Å². The predicted octanol–water partition coefficient (Wildman–Crippen LogP) is 8.86. The Balaban J connectivity index is 0.00000152. The maximum absolute atomic E-state index is 2.54. The summed E-state index contributed by atoms with van der Waals surface area (Å²) in [7, 11) is 0. The standard InChI is InChI=1S/C15H11.C13H10.C5H5.2ClH.Zr/c1-2-6-12(7-3-1)15-10-13-8-4-5-9-14(13)11-15;1-3-7-12(8-4-1)11-13-9-5-2-6-10-13;1-2-4-5-3-1;;;/h1-11H;1-10H;1-3H,4H2;2*1H;. The van der Waals surface area contributed by atoms with Gasteiger partial charge in [-0.25, -0.2) is 0 Å². The summed E-state index contributed by atoms with van der Waals surface area (Å²) in [5.74, 6) is 0. The van der Waals surface area contributed by atoms with Gasteiger partial charge in [-0.3, -0.25) is 0 Å². The van der Waals surface area contributed by atoms with Crippen molar-refractivity contribution in [2.24, 2.45) is 0 Å². The smallest absolute Gasteiger partial charge is 0.147 e. The van der Waals surface area contributed by atoms with Gasteiger partial charge in [0.1, 0.15) is 0 Å². The first-order chi connectivity index (χ1) is 16.9. The second-order valence-electron chi connectivity index (χ2n) is 8.87. The Bertz CT molecular complexity index is 1410. The van der Waals surface area contributed by atoms with Gasteiger partial charge in [-0.2, -0.15) is 0 Å². The first-order valence-electron chi connectivity index (χ1n) is 12.0. The summed E-state index contributed by atoms with van der Waals surface area (Å²) in [6, 6.07) is 42.4. The van der Waals surface area contributed by atoms with Crippen molar-refractivity contribution >= 4 is 39.7 Å². The Morgan fingerprint density at radius 1 is 0.639 bits per heavy atom. The SMILES string of the molecule is C1=CC[C]([Zr](=[C](c2ccccc2)c2ccccc2)[CH]2C(c3ccccc3)=Cc3ccccc32)=C1.Cl.Cl. The van der Waals surface area contributed by atoms with Gasteiger partial charge in [-0.05, 0) is 0 Å². The van der Waals surface area contributed by atoms with Gasteiger partial charge in [0.25, 0.3) is 0 Å². The van der Waals surface area contributed by atoms with Crippen molar-refractivity contribution in [3.8, 4) is 0 Å². The van der Waals surface area contributed by atoms with Gasteiger partial charge in [-0.1, -0.05) is 0 Å².